The van der Waals surface area contributed by atoms with Crippen LogP contribution < -0.4 is 5.32 Å². The van der Waals surface area contributed by atoms with Crippen LogP contribution in [-0.4, -0.2) is 40.4 Å². The number of benzene rings is 1. The first-order chi connectivity index (χ1) is 9.24. The van der Waals surface area contributed by atoms with Gasteiger partial charge in [-0.1, -0.05) is 6.92 Å². The van der Waals surface area contributed by atoms with E-state index < -0.39 is 0 Å². The highest BCUT2D eigenvalue weighted by molar-refractivity contribution is 5.82. The average molecular weight is 258 g/mol. The maximum Gasteiger partial charge on any atom is 0.0924 e. The Hall–Kier alpha value is -1.55. The summed E-state index contributed by atoms with van der Waals surface area (Å²) in [7, 11) is 1.97. The molecule has 0 amide bonds. The minimum atomic E-state index is 0.572. The zero-order valence-electron chi connectivity index (χ0n) is 11.8. The van der Waals surface area contributed by atoms with E-state index in [1.165, 1.54) is 30.5 Å². The van der Waals surface area contributed by atoms with Crippen LogP contribution in [0.3, 0.4) is 0 Å². The first-order valence-electron chi connectivity index (χ1n) is 7.17. The molecule has 4 nitrogen and oxygen atoms in total. The highest BCUT2D eigenvalue weighted by atomic mass is 15.2. The van der Waals surface area contributed by atoms with Gasteiger partial charge in [0.25, 0.3) is 0 Å². The first kappa shape index (κ1) is 12.5. The molecule has 1 aromatic carbocycles. The molecule has 1 unspecified atom stereocenters. The summed E-state index contributed by atoms with van der Waals surface area (Å²) < 4.78 is 1.87. The zero-order chi connectivity index (χ0) is 13.2. The average Bonchev–Trinajstić information content (AvgIpc) is 2.78. The quantitative estimate of drug-likeness (QED) is 0.918. The monoisotopic (exact) mass is 258 g/mol. The van der Waals surface area contributed by atoms with Gasteiger partial charge in [-0.3, -0.25) is 4.68 Å². The first-order valence-corrected chi connectivity index (χ1v) is 7.17. The van der Waals surface area contributed by atoms with Gasteiger partial charge in [0.15, 0.2) is 0 Å². The van der Waals surface area contributed by atoms with Crippen molar-refractivity contribution in [1.82, 2.24) is 14.7 Å². The Kier molecular flexibility index (Phi) is 3.42. The Bertz CT molecular complexity index is 560. The summed E-state index contributed by atoms with van der Waals surface area (Å²) in [6.07, 6.45) is 4.63. The summed E-state index contributed by atoms with van der Waals surface area (Å²) >= 11 is 0. The lowest BCUT2D eigenvalue weighted by Gasteiger charge is -2.32. The van der Waals surface area contributed by atoms with Crippen molar-refractivity contribution in [3.8, 4) is 0 Å². The summed E-state index contributed by atoms with van der Waals surface area (Å²) in [5.41, 5.74) is 2.27. The van der Waals surface area contributed by atoms with E-state index in [1.54, 1.807) is 0 Å². The van der Waals surface area contributed by atoms with Crippen LogP contribution in [0, 0.1) is 0 Å². The minimum Gasteiger partial charge on any atom is -0.381 e. The van der Waals surface area contributed by atoms with Crippen LogP contribution in [0.15, 0.2) is 24.4 Å². The van der Waals surface area contributed by atoms with Crippen molar-refractivity contribution in [1.29, 1.82) is 0 Å². The van der Waals surface area contributed by atoms with Crippen molar-refractivity contribution in [2.24, 2.45) is 7.05 Å². The normalized spacial score (nSPS) is 20.8. The second-order valence-electron chi connectivity index (χ2n) is 5.45. The van der Waals surface area contributed by atoms with Gasteiger partial charge in [-0.2, -0.15) is 5.10 Å². The molecule has 1 aromatic heterocycles. The van der Waals surface area contributed by atoms with Gasteiger partial charge in [-0.05, 0) is 44.1 Å². The third-order valence-electron chi connectivity index (χ3n) is 3.94. The molecule has 1 atom stereocenters. The van der Waals surface area contributed by atoms with E-state index in [0.717, 1.165) is 18.6 Å². The fourth-order valence-corrected chi connectivity index (χ4v) is 2.94. The van der Waals surface area contributed by atoms with Crippen LogP contribution in [0.2, 0.25) is 0 Å². The minimum absolute atomic E-state index is 0.572. The van der Waals surface area contributed by atoms with E-state index >= 15 is 0 Å². The molecule has 19 heavy (non-hydrogen) atoms. The molecule has 0 aliphatic carbocycles. The second-order valence-corrected chi connectivity index (χ2v) is 5.45. The Balaban J connectivity index is 1.73. The van der Waals surface area contributed by atoms with E-state index in [4.69, 9.17) is 0 Å². The second kappa shape index (κ2) is 5.21. The van der Waals surface area contributed by atoms with E-state index in [-0.39, 0.29) is 0 Å². The van der Waals surface area contributed by atoms with Gasteiger partial charge in [0.05, 0.1) is 5.52 Å². The molecule has 4 heteroatoms. The molecule has 0 saturated carbocycles. The number of hydrogen-bond donors (Lipinski definition) is 1. The van der Waals surface area contributed by atoms with Crippen molar-refractivity contribution in [3.05, 3.63) is 24.4 Å². The topological polar surface area (TPSA) is 33.1 Å². The summed E-state index contributed by atoms with van der Waals surface area (Å²) in [6.45, 7) is 5.79. The number of aromatic nitrogens is 2. The van der Waals surface area contributed by atoms with Crippen LogP contribution in [0.4, 0.5) is 5.69 Å². The van der Waals surface area contributed by atoms with Gasteiger partial charge in [-0.25, -0.2) is 0 Å². The number of aryl methyl sites for hydroxylation is 1. The van der Waals surface area contributed by atoms with Crippen LogP contribution in [0.5, 0.6) is 0 Å². The van der Waals surface area contributed by atoms with Crippen molar-refractivity contribution >= 4 is 16.6 Å². The molecule has 1 N–H and O–H groups in total. The molecular weight excluding hydrogens is 236 g/mol. The Morgan fingerprint density at radius 1 is 1.42 bits per heavy atom. The molecule has 1 saturated heterocycles. The fourth-order valence-electron chi connectivity index (χ4n) is 2.94. The number of likely N-dealkylation sites (tertiary alicyclic amines) is 1. The van der Waals surface area contributed by atoms with Crippen molar-refractivity contribution in [2.75, 3.05) is 25.0 Å². The highest BCUT2D eigenvalue weighted by Crippen LogP contribution is 2.20. The Labute approximate surface area is 114 Å². The van der Waals surface area contributed by atoms with Crippen LogP contribution in [0.1, 0.15) is 19.8 Å². The van der Waals surface area contributed by atoms with E-state index in [2.05, 4.69) is 46.6 Å². The number of piperidine rings is 1. The maximum absolute atomic E-state index is 4.41. The summed E-state index contributed by atoms with van der Waals surface area (Å²) in [5.74, 6) is 0. The Morgan fingerprint density at radius 3 is 3.16 bits per heavy atom. The van der Waals surface area contributed by atoms with Crippen LogP contribution in [0.25, 0.3) is 10.9 Å². The van der Waals surface area contributed by atoms with Crippen molar-refractivity contribution in [3.63, 3.8) is 0 Å². The number of fused-ring (bicyclic) bond motifs is 1. The van der Waals surface area contributed by atoms with Gasteiger partial charge in [-0.15, -0.1) is 0 Å². The zero-order valence-corrected chi connectivity index (χ0v) is 11.8. The maximum atomic E-state index is 4.41. The molecule has 2 aromatic rings. The van der Waals surface area contributed by atoms with Crippen molar-refractivity contribution < 1.29 is 0 Å². The lowest BCUT2D eigenvalue weighted by Crippen LogP contribution is -2.41. The molecule has 102 valence electrons. The summed E-state index contributed by atoms with van der Waals surface area (Å²) in [5, 5.41) is 9.28. The standard InChI is InChI=1S/C15H22N4/c1-3-19-8-4-5-14(11-19)16-13-6-7-15-12(9-13)10-18(2)17-15/h6-7,9-10,14,16H,3-5,8,11H2,1-2H3. The predicted molar refractivity (Wildman–Crippen MR) is 79.5 cm³/mol. The summed E-state index contributed by atoms with van der Waals surface area (Å²) in [4.78, 5) is 2.52. The lowest BCUT2D eigenvalue weighted by molar-refractivity contribution is 0.227. The smallest absolute Gasteiger partial charge is 0.0924 e. The SMILES string of the molecule is CCN1CCCC(Nc2ccc3nn(C)cc3c2)C1. The molecule has 3 rings (SSSR count). The fraction of sp³-hybridized carbons (Fsp3) is 0.533. The molecule has 1 aliphatic rings. The summed E-state index contributed by atoms with van der Waals surface area (Å²) in [6, 6.07) is 7.01. The van der Waals surface area contributed by atoms with E-state index in [1.807, 2.05) is 11.7 Å². The molecule has 2 heterocycles. The Morgan fingerprint density at radius 2 is 2.32 bits per heavy atom. The third kappa shape index (κ3) is 2.73. The number of likely N-dealkylation sites (N-methyl/N-ethyl adjacent to an activating group) is 1. The molecule has 1 aliphatic heterocycles. The van der Waals surface area contributed by atoms with Crippen LogP contribution in [-0.2, 0) is 7.05 Å². The molecular formula is C15H22N4. The molecule has 0 bridgehead atoms. The number of anilines is 1. The van der Waals surface area contributed by atoms with Gasteiger partial charge in [0.1, 0.15) is 0 Å². The number of rotatable bonds is 3. The molecule has 0 spiro atoms. The van der Waals surface area contributed by atoms with Gasteiger partial charge in [0, 0.05) is 36.9 Å². The molecule has 1 fully saturated rings. The number of hydrogen-bond acceptors (Lipinski definition) is 3. The van der Waals surface area contributed by atoms with Crippen molar-refractivity contribution in [2.45, 2.75) is 25.8 Å². The number of nitrogens with zero attached hydrogens (tertiary/aromatic N) is 3. The predicted octanol–water partition coefficient (Wildman–Crippen LogP) is 2.47. The highest BCUT2D eigenvalue weighted by Gasteiger charge is 2.18. The van der Waals surface area contributed by atoms with Gasteiger partial charge < -0.3 is 10.2 Å². The van der Waals surface area contributed by atoms with E-state index in [9.17, 15) is 0 Å². The third-order valence-corrected chi connectivity index (χ3v) is 3.94. The largest absolute Gasteiger partial charge is 0.381 e. The molecule has 0 radical (unpaired) electrons. The van der Waals surface area contributed by atoms with Gasteiger partial charge >= 0.3 is 0 Å². The lowest BCUT2D eigenvalue weighted by atomic mass is 10.1. The number of nitrogens with one attached hydrogen (secondary N) is 1. The van der Waals surface area contributed by atoms with Gasteiger partial charge in [0.2, 0.25) is 0 Å². The van der Waals surface area contributed by atoms with E-state index in [0.29, 0.717) is 6.04 Å². The van der Waals surface area contributed by atoms with Crippen LogP contribution >= 0.6 is 0 Å².